The number of hydrogen-bond donors (Lipinski definition) is 2. The zero-order valence-corrected chi connectivity index (χ0v) is 18.0. The molecule has 0 radical (unpaired) electrons. The maximum Gasteiger partial charge on any atom is 0.274 e. The Bertz CT molecular complexity index is 847. The van der Waals surface area contributed by atoms with Gasteiger partial charge in [0.15, 0.2) is 0 Å². The zero-order valence-electron chi connectivity index (χ0n) is 18.0. The zero-order chi connectivity index (χ0) is 21.4. The van der Waals surface area contributed by atoms with Gasteiger partial charge in [-0.3, -0.25) is 9.59 Å². The van der Waals surface area contributed by atoms with Crippen LogP contribution in [0.4, 0.5) is 11.4 Å². The average molecular weight is 398 g/mol. The van der Waals surface area contributed by atoms with Crippen molar-refractivity contribution in [2.24, 2.45) is 0 Å². The summed E-state index contributed by atoms with van der Waals surface area (Å²) in [5.74, 6) is -0.632. The maximum atomic E-state index is 12.7. The van der Waals surface area contributed by atoms with E-state index in [2.05, 4.69) is 40.4 Å². The minimum Gasteiger partial charge on any atom is -0.372 e. The van der Waals surface area contributed by atoms with Crippen molar-refractivity contribution in [3.63, 3.8) is 0 Å². The Morgan fingerprint density at radius 3 is 2.24 bits per heavy atom. The van der Waals surface area contributed by atoms with Crippen LogP contribution < -0.4 is 15.5 Å². The number of aromatic nitrogens is 1. The van der Waals surface area contributed by atoms with Gasteiger partial charge in [0.2, 0.25) is 0 Å². The normalized spacial score (nSPS) is 10.7. The molecule has 2 rings (SSSR count). The second kappa shape index (κ2) is 10.6. The van der Waals surface area contributed by atoms with Gasteiger partial charge in [-0.2, -0.15) is 0 Å². The van der Waals surface area contributed by atoms with Crippen LogP contribution in [0.15, 0.2) is 36.4 Å². The lowest BCUT2D eigenvalue weighted by atomic mass is 10.1. The lowest BCUT2D eigenvalue weighted by Crippen LogP contribution is -2.32. The molecule has 1 heterocycles. The second-order valence-corrected chi connectivity index (χ2v) is 7.09. The summed E-state index contributed by atoms with van der Waals surface area (Å²) in [6, 6.07) is 10.8. The van der Waals surface area contributed by atoms with Crippen molar-refractivity contribution in [1.29, 1.82) is 0 Å². The fraction of sp³-hybridized carbons (Fsp3) is 0.409. The van der Waals surface area contributed by atoms with Crippen LogP contribution in [0.5, 0.6) is 0 Å². The van der Waals surface area contributed by atoms with E-state index in [-0.39, 0.29) is 23.2 Å². The van der Waals surface area contributed by atoms with Crippen molar-refractivity contribution in [2.45, 2.75) is 20.8 Å². The van der Waals surface area contributed by atoms with Gasteiger partial charge >= 0.3 is 0 Å². The predicted octanol–water partition coefficient (Wildman–Crippen LogP) is 2.78. The minimum atomic E-state index is -0.341. The molecule has 0 saturated heterocycles. The van der Waals surface area contributed by atoms with Crippen molar-refractivity contribution < 1.29 is 9.59 Å². The Morgan fingerprint density at radius 2 is 1.66 bits per heavy atom. The van der Waals surface area contributed by atoms with Crippen LogP contribution in [0.1, 0.15) is 40.4 Å². The van der Waals surface area contributed by atoms with E-state index >= 15 is 0 Å². The standard InChI is InChI=1S/C22H31N5O2/c1-6-27(7-2)17-11-12-18(16(3)15-17)25-22(29)20-10-8-9-19(24-20)21(28)23-13-14-26(4)5/h8-12,15H,6-7,13-14H2,1-5H3,(H,23,28)(H,25,29). The Kier molecular flexibility index (Phi) is 8.15. The molecule has 7 heteroatoms. The highest BCUT2D eigenvalue weighted by Gasteiger charge is 2.14. The number of pyridine rings is 1. The van der Waals surface area contributed by atoms with E-state index in [1.807, 2.05) is 38.1 Å². The molecule has 0 aliphatic carbocycles. The van der Waals surface area contributed by atoms with Crippen LogP contribution in [0.25, 0.3) is 0 Å². The van der Waals surface area contributed by atoms with E-state index in [9.17, 15) is 9.59 Å². The number of likely N-dealkylation sites (N-methyl/N-ethyl adjacent to an activating group) is 1. The molecule has 1 aromatic heterocycles. The largest absolute Gasteiger partial charge is 0.372 e. The lowest BCUT2D eigenvalue weighted by molar-refractivity contribution is 0.0946. The number of aryl methyl sites for hydroxylation is 1. The van der Waals surface area contributed by atoms with E-state index < -0.39 is 0 Å². The smallest absolute Gasteiger partial charge is 0.274 e. The summed E-state index contributed by atoms with van der Waals surface area (Å²) < 4.78 is 0. The van der Waals surface area contributed by atoms with Crippen LogP contribution in [0, 0.1) is 6.92 Å². The molecule has 156 valence electrons. The highest BCUT2D eigenvalue weighted by atomic mass is 16.2. The molecule has 0 fully saturated rings. The summed E-state index contributed by atoms with van der Waals surface area (Å²) in [5.41, 5.74) is 3.26. The molecule has 0 aliphatic rings. The summed E-state index contributed by atoms with van der Waals surface area (Å²) >= 11 is 0. The van der Waals surface area contributed by atoms with Crippen molar-refractivity contribution in [1.82, 2.24) is 15.2 Å². The number of carbonyl (C=O) groups is 2. The van der Waals surface area contributed by atoms with Crippen LogP contribution >= 0.6 is 0 Å². The summed E-state index contributed by atoms with van der Waals surface area (Å²) in [4.78, 5) is 33.3. The first-order valence-electron chi connectivity index (χ1n) is 9.92. The van der Waals surface area contributed by atoms with Gasteiger partial charge in [0.1, 0.15) is 11.4 Å². The third kappa shape index (κ3) is 6.29. The molecule has 0 saturated carbocycles. The number of nitrogens with zero attached hydrogens (tertiary/aromatic N) is 3. The first-order valence-corrected chi connectivity index (χ1v) is 9.92. The monoisotopic (exact) mass is 397 g/mol. The van der Waals surface area contributed by atoms with Gasteiger partial charge in [-0.15, -0.1) is 0 Å². The molecule has 0 unspecified atom stereocenters. The van der Waals surface area contributed by atoms with Crippen molar-refractivity contribution in [2.75, 3.05) is 50.5 Å². The molecule has 29 heavy (non-hydrogen) atoms. The first-order chi connectivity index (χ1) is 13.8. The molecule has 0 bridgehead atoms. The highest BCUT2D eigenvalue weighted by molar-refractivity contribution is 6.04. The van der Waals surface area contributed by atoms with Gasteiger partial charge in [-0.25, -0.2) is 4.98 Å². The second-order valence-electron chi connectivity index (χ2n) is 7.09. The van der Waals surface area contributed by atoms with Gasteiger partial charge in [0.05, 0.1) is 0 Å². The van der Waals surface area contributed by atoms with Gasteiger partial charge in [0.25, 0.3) is 11.8 Å². The number of rotatable bonds is 9. The average Bonchev–Trinajstić information content (AvgIpc) is 2.70. The molecular formula is C22H31N5O2. The van der Waals surface area contributed by atoms with Crippen LogP contribution in [-0.4, -0.2) is 62.0 Å². The molecule has 0 aliphatic heterocycles. The van der Waals surface area contributed by atoms with Crippen LogP contribution in [0.3, 0.4) is 0 Å². The van der Waals surface area contributed by atoms with Gasteiger partial charge < -0.3 is 20.4 Å². The number of amides is 2. The van der Waals surface area contributed by atoms with E-state index in [1.54, 1.807) is 18.2 Å². The number of carbonyl (C=O) groups excluding carboxylic acids is 2. The van der Waals surface area contributed by atoms with E-state index in [1.165, 1.54) is 0 Å². The maximum absolute atomic E-state index is 12.7. The quantitative estimate of drug-likeness (QED) is 0.680. The van der Waals surface area contributed by atoms with Gasteiger partial charge in [-0.05, 0) is 70.8 Å². The summed E-state index contributed by atoms with van der Waals surface area (Å²) in [6.45, 7) is 9.29. The Morgan fingerprint density at radius 1 is 1.00 bits per heavy atom. The number of anilines is 2. The number of benzene rings is 1. The van der Waals surface area contributed by atoms with Crippen molar-refractivity contribution in [3.05, 3.63) is 53.3 Å². The third-order valence-corrected chi connectivity index (χ3v) is 4.65. The van der Waals surface area contributed by atoms with Gasteiger partial charge in [-0.1, -0.05) is 6.07 Å². The number of hydrogen-bond acceptors (Lipinski definition) is 5. The molecule has 0 spiro atoms. The summed E-state index contributed by atoms with van der Waals surface area (Å²) in [6.07, 6.45) is 0. The minimum absolute atomic E-state index is 0.206. The van der Waals surface area contributed by atoms with E-state index in [0.29, 0.717) is 6.54 Å². The Labute approximate surface area is 173 Å². The fourth-order valence-corrected chi connectivity index (χ4v) is 2.93. The SMILES string of the molecule is CCN(CC)c1ccc(NC(=O)c2cccc(C(=O)NCCN(C)C)n2)c(C)c1. The number of nitrogens with one attached hydrogen (secondary N) is 2. The van der Waals surface area contributed by atoms with Crippen molar-refractivity contribution in [3.8, 4) is 0 Å². The van der Waals surface area contributed by atoms with Gasteiger partial charge in [0, 0.05) is 37.6 Å². The van der Waals surface area contributed by atoms with Crippen molar-refractivity contribution >= 4 is 23.2 Å². The highest BCUT2D eigenvalue weighted by Crippen LogP contribution is 2.23. The first kappa shape index (κ1) is 22.4. The molecule has 1 aromatic carbocycles. The van der Waals surface area contributed by atoms with Crippen LogP contribution in [-0.2, 0) is 0 Å². The molecular weight excluding hydrogens is 366 g/mol. The van der Waals surface area contributed by atoms with E-state index in [4.69, 9.17) is 0 Å². The molecule has 2 aromatic rings. The Hall–Kier alpha value is -2.93. The molecule has 7 nitrogen and oxygen atoms in total. The Balaban J connectivity index is 2.08. The summed E-state index contributed by atoms with van der Waals surface area (Å²) in [7, 11) is 3.87. The molecule has 2 amide bonds. The molecule has 2 N–H and O–H groups in total. The van der Waals surface area contributed by atoms with E-state index in [0.717, 1.165) is 36.6 Å². The molecule has 0 atom stereocenters. The summed E-state index contributed by atoms with van der Waals surface area (Å²) in [5, 5.41) is 5.70. The fourth-order valence-electron chi connectivity index (χ4n) is 2.93. The van der Waals surface area contributed by atoms with Crippen LogP contribution in [0.2, 0.25) is 0 Å². The third-order valence-electron chi connectivity index (χ3n) is 4.65. The topological polar surface area (TPSA) is 77.6 Å². The lowest BCUT2D eigenvalue weighted by Gasteiger charge is -2.22. The predicted molar refractivity (Wildman–Crippen MR) is 118 cm³/mol.